The first-order valence-electron chi connectivity index (χ1n) is 6.63. The Hall–Kier alpha value is -1.02. The van der Waals surface area contributed by atoms with Gasteiger partial charge in [-0.1, -0.05) is 19.9 Å². The van der Waals surface area contributed by atoms with Gasteiger partial charge in [0.2, 0.25) is 0 Å². The number of benzene rings is 1. The Morgan fingerprint density at radius 1 is 1.41 bits per heavy atom. The molecule has 0 saturated heterocycles. The van der Waals surface area contributed by atoms with Crippen molar-refractivity contribution in [2.24, 2.45) is 5.92 Å². The van der Waals surface area contributed by atoms with E-state index in [0.717, 1.165) is 12.4 Å². The molecule has 1 unspecified atom stereocenters. The van der Waals surface area contributed by atoms with Crippen LogP contribution in [0, 0.1) is 5.92 Å². The molecule has 1 aliphatic rings. The fraction of sp³-hybridized carbons (Fsp3) is 0.600. The molecule has 0 amide bonds. The normalized spacial score (nSPS) is 19.2. The molecule has 0 fully saturated rings. The maximum absolute atomic E-state index is 5.80. The molecule has 0 heterocycles. The Kier molecular flexibility index (Phi) is 4.06. The summed E-state index contributed by atoms with van der Waals surface area (Å²) in [5, 5.41) is 3.40. The summed E-state index contributed by atoms with van der Waals surface area (Å²) in [4.78, 5) is 0. The topological polar surface area (TPSA) is 21.3 Å². The molecule has 1 N–H and O–H groups in total. The van der Waals surface area contributed by atoms with Crippen LogP contribution in [0.4, 0.5) is 0 Å². The van der Waals surface area contributed by atoms with Crippen molar-refractivity contribution in [2.75, 3.05) is 13.7 Å². The van der Waals surface area contributed by atoms with Gasteiger partial charge in [-0.05, 0) is 55.5 Å². The molecule has 1 aliphatic carbocycles. The fourth-order valence-corrected chi connectivity index (χ4v) is 2.43. The van der Waals surface area contributed by atoms with Gasteiger partial charge in [0.15, 0.2) is 0 Å². The quantitative estimate of drug-likeness (QED) is 0.861. The van der Waals surface area contributed by atoms with E-state index in [0.29, 0.717) is 12.0 Å². The number of aryl methyl sites for hydroxylation is 1. The number of rotatable bonds is 4. The molecule has 94 valence electrons. The van der Waals surface area contributed by atoms with Crippen LogP contribution in [-0.4, -0.2) is 13.7 Å². The lowest BCUT2D eigenvalue weighted by Gasteiger charge is -2.25. The third kappa shape index (κ3) is 3.01. The highest BCUT2D eigenvalue weighted by atomic mass is 16.5. The third-order valence-corrected chi connectivity index (χ3v) is 3.36. The third-order valence-electron chi connectivity index (χ3n) is 3.36. The summed E-state index contributed by atoms with van der Waals surface area (Å²) >= 11 is 0. The molecule has 1 aromatic carbocycles. The van der Waals surface area contributed by atoms with E-state index in [9.17, 15) is 0 Å². The molecule has 2 nitrogen and oxygen atoms in total. The van der Waals surface area contributed by atoms with Crippen LogP contribution in [0.1, 0.15) is 43.9 Å². The summed E-state index contributed by atoms with van der Waals surface area (Å²) in [6.07, 6.45) is 3.72. The second-order valence-corrected chi connectivity index (χ2v) is 5.30. The van der Waals surface area contributed by atoms with Gasteiger partial charge < -0.3 is 10.1 Å². The SMILES string of the molecule is CNC1CCCc2ccc(OCC(C)C)cc21. The van der Waals surface area contributed by atoms with Gasteiger partial charge in [-0.2, -0.15) is 0 Å². The minimum absolute atomic E-state index is 0.501. The minimum Gasteiger partial charge on any atom is -0.493 e. The average molecular weight is 233 g/mol. The standard InChI is InChI=1S/C15H23NO/c1-11(2)10-17-13-8-7-12-5-4-6-15(16-3)14(12)9-13/h7-9,11,15-16H,4-6,10H2,1-3H3. The Morgan fingerprint density at radius 3 is 2.94 bits per heavy atom. The first-order valence-corrected chi connectivity index (χ1v) is 6.63. The molecular weight excluding hydrogens is 210 g/mol. The van der Waals surface area contributed by atoms with Gasteiger partial charge in [0.05, 0.1) is 6.61 Å². The van der Waals surface area contributed by atoms with E-state index < -0.39 is 0 Å². The highest BCUT2D eigenvalue weighted by Gasteiger charge is 2.19. The molecule has 0 aromatic heterocycles. The maximum atomic E-state index is 5.80. The molecule has 1 aromatic rings. The summed E-state index contributed by atoms with van der Waals surface area (Å²) in [5.41, 5.74) is 2.91. The van der Waals surface area contributed by atoms with E-state index in [1.54, 1.807) is 0 Å². The molecule has 2 heteroatoms. The average Bonchev–Trinajstić information content (AvgIpc) is 2.35. The minimum atomic E-state index is 0.501. The van der Waals surface area contributed by atoms with Crippen LogP contribution in [0.25, 0.3) is 0 Å². The zero-order valence-electron chi connectivity index (χ0n) is 11.1. The first kappa shape index (κ1) is 12.4. The molecular formula is C15H23NO. The van der Waals surface area contributed by atoms with Gasteiger partial charge in [0.25, 0.3) is 0 Å². The highest BCUT2D eigenvalue weighted by Crippen LogP contribution is 2.32. The smallest absolute Gasteiger partial charge is 0.119 e. The van der Waals surface area contributed by atoms with Crippen molar-refractivity contribution in [2.45, 2.75) is 39.2 Å². The summed E-state index contributed by atoms with van der Waals surface area (Å²) in [6, 6.07) is 7.06. The van der Waals surface area contributed by atoms with Crippen molar-refractivity contribution in [3.63, 3.8) is 0 Å². The fourth-order valence-electron chi connectivity index (χ4n) is 2.43. The Labute approximate surface area is 104 Å². The summed E-state index contributed by atoms with van der Waals surface area (Å²) in [7, 11) is 2.04. The van der Waals surface area contributed by atoms with Gasteiger partial charge in [0.1, 0.15) is 5.75 Å². The monoisotopic (exact) mass is 233 g/mol. The van der Waals surface area contributed by atoms with Crippen molar-refractivity contribution in [3.8, 4) is 5.75 Å². The van der Waals surface area contributed by atoms with Crippen molar-refractivity contribution < 1.29 is 4.74 Å². The van der Waals surface area contributed by atoms with Gasteiger partial charge in [-0.3, -0.25) is 0 Å². The molecule has 17 heavy (non-hydrogen) atoms. The second kappa shape index (κ2) is 5.54. The van der Waals surface area contributed by atoms with Gasteiger partial charge in [0, 0.05) is 6.04 Å². The predicted molar refractivity (Wildman–Crippen MR) is 71.5 cm³/mol. The number of hydrogen-bond donors (Lipinski definition) is 1. The number of fused-ring (bicyclic) bond motifs is 1. The summed E-state index contributed by atoms with van der Waals surface area (Å²) in [6.45, 7) is 5.15. The lowest BCUT2D eigenvalue weighted by molar-refractivity contribution is 0.270. The zero-order valence-corrected chi connectivity index (χ0v) is 11.1. The summed E-state index contributed by atoms with van der Waals surface area (Å²) in [5.74, 6) is 1.59. The molecule has 0 bridgehead atoms. The lowest BCUT2D eigenvalue weighted by Crippen LogP contribution is -2.21. The van der Waals surface area contributed by atoms with Crippen LogP contribution in [0.2, 0.25) is 0 Å². The maximum Gasteiger partial charge on any atom is 0.119 e. The van der Waals surface area contributed by atoms with E-state index in [4.69, 9.17) is 4.74 Å². The van der Waals surface area contributed by atoms with E-state index in [2.05, 4.69) is 37.4 Å². The van der Waals surface area contributed by atoms with E-state index >= 15 is 0 Å². The zero-order chi connectivity index (χ0) is 12.3. The molecule has 0 spiro atoms. The molecule has 1 atom stereocenters. The number of hydrogen-bond acceptors (Lipinski definition) is 2. The van der Waals surface area contributed by atoms with E-state index in [1.165, 1.54) is 30.4 Å². The van der Waals surface area contributed by atoms with Gasteiger partial charge in [-0.15, -0.1) is 0 Å². The van der Waals surface area contributed by atoms with Crippen LogP contribution in [0.5, 0.6) is 5.75 Å². The van der Waals surface area contributed by atoms with Crippen molar-refractivity contribution >= 4 is 0 Å². The van der Waals surface area contributed by atoms with Crippen LogP contribution in [0.3, 0.4) is 0 Å². The van der Waals surface area contributed by atoms with Crippen molar-refractivity contribution in [1.82, 2.24) is 5.32 Å². The van der Waals surface area contributed by atoms with E-state index in [-0.39, 0.29) is 0 Å². The molecule has 0 saturated carbocycles. The second-order valence-electron chi connectivity index (χ2n) is 5.30. The predicted octanol–water partition coefficient (Wildman–Crippen LogP) is 3.32. The Balaban J connectivity index is 2.16. The van der Waals surface area contributed by atoms with Crippen molar-refractivity contribution in [3.05, 3.63) is 29.3 Å². The summed E-state index contributed by atoms with van der Waals surface area (Å²) < 4.78 is 5.80. The van der Waals surface area contributed by atoms with Gasteiger partial charge >= 0.3 is 0 Å². The Morgan fingerprint density at radius 2 is 2.24 bits per heavy atom. The molecule has 0 radical (unpaired) electrons. The van der Waals surface area contributed by atoms with E-state index in [1.807, 2.05) is 7.05 Å². The molecule has 0 aliphatic heterocycles. The van der Waals surface area contributed by atoms with Gasteiger partial charge in [-0.25, -0.2) is 0 Å². The highest BCUT2D eigenvalue weighted by molar-refractivity contribution is 5.39. The van der Waals surface area contributed by atoms with Crippen LogP contribution >= 0.6 is 0 Å². The Bertz CT molecular complexity index is 373. The van der Waals surface area contributed by atoms with Crippen molar-refractivity contribution in [1.29, 1.82) is 0 Å². The number of ether oxygens (including phenoxy) is 1. The van der Waals surface area contributed by atoms with Crippen LogP contribution in [-0.2, 0) is 6.42 Å². The largest absolute Gasteiger partial charge is 0.493 e. The number of nitrogens with one attached hydrogen (secondary N) is 1. The van der Waals surface area contributed by atoms with Crippen LogP contribution < -0.4 is 10.1 Å². The first-order chi connectivity index (χ1) is 8.20. The van der Waals surface area contributed by atoms with Crippen LogP contribution in [0.15, 0.2) is 18.2 Å². The molecule has 2 rings (SSSR count). The lowest BCUT2D eigenvalue weighted by atomic mass is 9.87.